The minimum atomic E-state index is -4.89. The molecule has 144 valence electrons. The molecule has 0 radical (unpaired) electrons. The minimum absolute atomic E-state index is 0.0606. The van der Waals surface area contributed by atoms with Gasteiger partial charge in [-0.2, -0.15) is 13.2 Å². The van der Waals surface area contributed by atoms with Crippen molar-refractivity contribution in [3.05, 3.63) is 40.1 Å². The molecule has 0 saturated carbocycles. The van der Waals surface area contributed by atoms with Crippen LogP contribution in [0.25, 0.3) is 0 Å². The lowest BCUT2D eigenvalue weighted by Gasteiger charge is -2.24. The number of pyridine rings is 1. The number of hydrogen-bond donors (Lipinski definition) is 1. The van der Waals surface area contributed by atoms with E-state index >= 15 is 0 Å². The standard InChI is InChI=1S/C16H20F3N3O4/c1-5-6-7-11(9(2)3)20-14-10(16(17,18)19)8-12(22(24)25)13(21-14)15(23)26-4/h5,8-9,11H,1,6-7H2,2-4H3,(H,20,21). The average Bonchev–Trinajstić information content (AvgIpc) is 2.55. The van der Waals surface area contributed by atoms with Crippen LogP contribution in [0.3, 0.4) is 0 Å². The van der Waals surface area contributed by atoms with E-state index in [-0.39, 0.29) is 5.92 Å². The van der Waals surface area contributed by atoms with Crippen LogP contribution in [0.4, 0.5) is 24.7 Å². The van der Waals surface area contributed by atoms with Crippen LogP contribution in [0.2, 0.25) is 0 Å². The topological polar surface area (TPSA) is 94.4 Å². The largest absolute Gasteiger partial charge is 0.464 e. The lowest BCUT2D eigenvalue weighted by atomic mass is 9.99. The maximum Gasteiger partial charge on any atom is 0.420 e. The van der Waals surface area contributed by atoms with E-state index < -0.39 is 45.9 Å². The fourth-order valence-corrected chi connectivity index (χ4v) is 2.26. The van der Waals surface area contributed by atoms with Crippen molar-refractivity contribution < 1.29 is 27.6 Å². The monoisotopic (exact) mass is 375 g/mol. The van der Waals surface area contributed by atoms with E-state index in [0.29, 0.717) is 18.9 Å². The molecule has 1 atom stereocenters. The molecule has 0 aliphatic carbocycles. The summed E-state index contributed by atoms with van der Waals surface area (Å²) in [6, 6.07) is -0.111. The van der Waals surface area contributed by atoms with Gasteiger partial charge in [-0.3, -0.25) is 10.1 Å². The van der Waals surface area contributed by atoms with Crippen molar-refractivity contribution in [3.63, 3.8) is 0 Å². The van der Waals surface area contributed by atoms with Gasteiger partial charge in [-0.1, -0.05) is 19.9 Å². The van der Waals surface area contributed by atoms with Crippen molar-refractivity contribution in [1.29, 1.82) is 0 Å². The molecule has 1 unspecified atom stereocenters. The average molecular weight is 375 g/mol. The summed E-state index contributed by atoms with van der Waals surface area (Å²) in [4.78, 5) is 25.3. The number of allylic oxidation sites excluding steroid dienone is 1. The number of alkyl halides is 3. The summed E-state index contributed by atoms with van der Waals surface area (Å²) in [5.41, 5.74) is -3.18. The van der Waals surface area contributed by atoms with Crippen LogP contribution in [-0.2, 0) is 10.9 Å². The molecule has 0 fully saturated rings. The van der Waals surface area contributed by atoms with Crippen LogP contribution in [0.5, 0.6) is 0 Å². The summed E-state index contributed by atoms with van der Waals surface area (Å²) in [6.45, 7) is 7.19. The van der Waals surface area contributed by atoms with E-state index in [0.717, 1.165) is 7.11 Å². The molecule has 1 aromatic rings. The van der Waals surface area contributed by atoms with Crippen LogP contribution < -0.4 is 5.32 Å². The third-order valence-electron chi connectivity index (χ3n) is 3.69. The van der Waals surface area contributed by atoms with Crippen LogP contribution in [0.1, 0.15) is 42.7 Å². The first-order valence-corrected chi connectivity index (χ1v) is 7.75. The van der Waals surface area contributed by atoms with Crippen molar-refractivity contribution in [1.82, 2.24) is 4.98 Å². The predicted molar refractivity (Wildman–Crippen MR) is 88.9 cm³/mol. The van der Waals surface area contributed by atoms with E-state index in [1.54, 1.807) is 19.9 Å². The molecule has 1 aromatic heterocycles. The Labute approximate surface area is 148 Å². The molecular formula is C16H20F3N3O4. The molecular weight excluding hydrogens is 355 g/mol. The highest BCUT2D eigenvalue weighted by Gasteiger charge is 2.39. The van der Waals surface area contributed by atoms with E-state index in [9.17, 15) is 28.1 Å². The third kappa shape index (κ3) is 5.17. The lowest BCUT2D eigenvalue weighted by molar-refractivity contribution is -0.385. The van der Waals surface area contributed by atoms with Crippen LogP contribution >= 0.6 is 0 Å². The zero-order valence-electron chi connectivity index (χ0n) is 14.6. The van der Waals surface area contributed by atoms with Crippen LogP contribution in [0.15, 0.2) is 18.7 Å². The number of methoxy groups -OCH3 is 1. The van der Waals surface area contributed by atoms with E-state index in [2.05, 4.69) is 21.6 Å². The van der Waals surface area contributed by atoms with Crippen molar-refractivity contribution >= 4 is 17.5 Å². The number of aromatic nitrogens is 1. The molecule has 0 amide bonds. The van der Waals surface area contributed by atoms with Gasteiger partial charge in [0.2, 0.25) is 5.69 Å². The quantitative estimate of drug-likeness (QED) is 0.317. The van der Waals surface area contributed by atoms with Crippen molar-refractivity contribution in [2.75, 3.05) is 12.4 Å². The Morgan fingerprint density at radius 3 is 2.54 bits per heavy atom. The number of nitrogens with one attached hydrogen (secondary N) is 1. The number of hydrogen-bond acceptors (Lipinski definition) is 6. The summed E-state index contributed by atoms with van der Waals surface area (Å²) in [5.74, 6) is -1.90. The second-order valence-electron chi connectivity index (χ2n) is 5.86. The van der Waals surface area contributed by atoms with E-state index in [4.69, 9.17) is 0 Å². The Morgan fingerprint density at radius 1 is 1.50 bits per heavy atom. The molecule has 0 saturated heterocycles. The molecule has 0 aliphatic heterocycles. The molecule has 26 heavy (non-hydrogen) atoms. The first-order valence-electron chi connectivity index (χ1n) is 7.75. The number of carbonyl (C=O) groups excluding carboxylic acids is 1. The zero-order valence-corrected chi connectivity index (χ0v) is 14.6. The third-order valence-corrected chi connectivity index (χ3v) is 3.69. The van der Waals surface area contributed by atoms with Gasteiger partial charge in [-0.15, -0.1) is 6.58 Å². The van der Waals surface area contributed by atoms with E-state index in [1.807, 2.05) is 0 Å². The Bertz CT molecular complexity index is 690. The summed E-state index contributed by atoms with van der Waals surface area (Å²) in [6.07, 6.45) is -2.24. The molecule has 10 heteroatoms. The number of halogens is 3. The maximum atomic E-state index is 13.4. The van der Waals surface area contributed by atoms with Crippen molar-refractivity contribution in [3.8, 4) is 0 Å². The molecule has 7 nitrogen and oxygen atoms in total. The molecule has 0 spiro atoms. The summed E-state index contributed by atoms with van der Waals surface area (Å²) >= 11 is 0. The normalized spacial score (nSPS) is 12.6. The molecule has 1 heterocycles. The fourth-order valence-electron chi connectivity index (χ4n) is 2.26. The molecule has 0 bridgehead atoms. The lowest BCUT2D eigenvalue weighted by Crippen LogP contribution is -2.28. The second-order valence-corrected chi connectivity index (χ2v) is 5.86. The Hall–Kier alpha value is -2.65. The molecule has 1 N–H and O–H groups in total. The molecule has 0 aromatic carbocycles. The minimum Gasteiger partial charge on any atom is -0.464 e. The van der Waals surface area contributed by atoms with Gasteiger partial charge in [-0.25, -0.2) is 9.78 Å². The Balaban J connectivity index is 3.53. The maximum absolute atomic E-state index is 13.4. The van der Waals surface area contributed by atoms with Crippen LogP contribution in [-0.4, -0.2) is 29.0 Å². The van der Waals surface area contributed by atoms with Gasteiger partial charge >= 0.3 is 17.8 Å². The Morgan fingerprint density at radius 2 is 2.12 bits per heavy atom. The van der Waals surface area contributed by atoms with Gasteiger partial charge < -0.3 is 10.1 Å². The van der Waals surface area contributed by atoms with Gasteiger partial charge in [0.25, 0.3) is 0 Å². The molecule has 1 rings (SSSR count). The number of esters is 1. The first kappa shape index (κ1) is 21.4. The number of nitrogens with zero attached hydrogens (tertiary/aromatic N) is 2. The smallest absolute Gasteiger partial charge is 0.420 e. The molecule has 0 aliphatic rings. The van der Waals surface area contributed by atoms with Gasteiger partial charge in [0, 0.05) is 12.1 Å². The van der Waals surface area contributed by atoms with Gasteiger partial charge in [0.05, 0.1) is 12.0 Å². The number of rotatable bonds is 8. The highest BCUT2D eigenvalue weighted by Crippen LogP contribution is 2.38. The summed E-state index contributed by atoms with van der Waals surface area (Å²) in [7, 11) is 0.958. The Kier molecular flexibility index (Phi) is 7.10. The van der Waals surface area contributed by atoms with Crippen LogP contribution in [0, 0.1) is 16.0 Å². The summed E-state index contributed by atoms with van der Waals surface area (Å²) in [5, 5.41) is 13.7. The fraction of sp³-hybridized carbons (Fsp3) is 0.500. The highest BCUT2D eigenvalue weighted by atomic mass is 19.4. The number of ether oxygens (including phenoxy) is 1. The second kappa shape index (κ2) is 8.63. The predicted octanol–water partition coefficient (Wildman–Crippen LogP) is 4.20. The van der Waals surface area contributed by atoms with Crippen molar-refractivity contribution in [2.45, 2.75) is 38.9 Å². The summed E-state index contributed by atoms with van der Waals surface area (Å²) < 4.78 is 44.5. The zero-order chi connectivity index (χ0) is 20.1. The van der Waals surface area contributed by atoms with Gasteiger partial charge in [-0.05, 0) is 18.8 Å². The van der Waals surface area contributed by atoms with Crippen molar-refractivity contribution in [2.24, 2.45) is 5.92 Å². The number of carbonyl (C=O) groups is 1. The highest BCUT2D eigenvalue weighted by molar-refractivity contribution is 5.92. The van der Waals surface area contributed by atoms with E-state index in [1.165, 1.54) is 0 Å². The van der Waals surface area contributed by atoms with Gasteiger partial charge in [0.15, 0.2) is 0 Å². The van der Waals surface area contributed by atoms with Gasteiger partial charge in [0.1, 0.15) is 11.4 Å². The SMILES string of the molecule is C=CCCC(Nc1nc(C(=O)OC)c([N+](=O)[O-])cc1C(F)(F)F)C(C)C. The first-order chi connectivity index (χ1) is 12.0. The number of nitro groups is 1. The number of anilines is 1.